The molecular formula is C20H15ClN2O3. The van der Waals surface area contributed by atoms with E-state index in [0.717, 1.165) is 10.9 Å². The van der Waals surface area contributed by atoms with Gasteiger partial charge in [0.25, 0.3) is 5.56 Å². The average molecular weight is 367 g/mol. The Bertz CT molecular complexity index is 1220. The highest BCUT2D eigenvalue weighted by Crippen LogP contribution is 2.30. The molecule has 0 aliphatic rings. The van der Waals surface area contributed by atoms with Gasteiger partial charge in [0.1, 0.15) is 5.76 Å². The second kappa shape index (κ2) is 6.35. The van der Waals surface area contributed by atoms with Crippen molar-refractivity contribution in [1.82, 2.24) is 9.97 Å². The summed E-state index contributed by atoms with van der Waals surface area (Å²) in [6.45, 7) is 1.90. The van der Waals surface area contributed by atoms with Crippen molar-refractivity contribution in [3.63, 3.8) is 0 Å². The topological polar surface area (TPSA) is 68.1 Å². The summed E-state index contributed by atoms with van der Waals surface area (Å²) in [6.07, 6.45) is 1.63. The third-order valence-electron chi connectivity index (χ3n) is 4.18. The molecule has 0 saturated carbocycles. The number of para-hydroxylation sites is 2. The van der Waals surface area contributed by atoms with Gasteiger partial charge in [-0.1, -0.05) is 35.9 Å². The first kappa shape index (κ1) is 16.4. The van der Waals surface area contributed by atoms with Crippen LogP contribution in [0, 0.1) is 6.92 Å². The fourth-order valence-corrected chi connectivity index (χ4v) is 3.10. The number of aromatic amines is 1. The number of fused-ring (bicyclic) bond motifs is 2. The van der Waals surface area contributed by atoms with Crippen molar-refractivity contribution in [1.29, 1.82) is 0 Å². The van der Waals surface area contributed by atoms with Gasteiger partial charge in [0.15, 0.2) is 17.2 Å². The molecule has 0 aliphatic heterocycles. The van der Waals surface area contributed by atoms with Gasteiger partial charge in [-0.2, -0.15) is 0 Å². The summed E-state index contributed by atoms with van der Waals surface area (Å²) in [6, 6.07) is 13.0. The molecule has 2 aromatic heterocycles. The zero-order valence-corrected chi connectivity index (χ0v) is 14.9. The van der Waals surface area contributed by atoms with Crippen molar-refractivity contribution in [3.8, 4) is 5.75 Å². The van der Waals surface area contributed by atoms with Crippen molar-refractivity contribution in [3.05, 3.63) is 70.0 Å². The molecule has 0 fully saturated rings. The van der Waals surface area contributed by atoms with Crippen molar-refractivity contribution < 1.29 is 9.15 Å². The molecule has 130 valence electrons. The summed E-state index contributed by atoms with van der Waals surface area (Å²) in [5.74, 6) is 1.49. The number of benzene rings is 2. The van der Waals surface area contributed by atoms with Crippen LogP contribution in [0.3, 0.4) is 0 Å². The number of aryl methyl sites for hydroxylation is 1. The van der Waals surface area contributed by atoms with Crippen LogP contribution in [0.2, 0.25) is 0 Å². The van der Waals surface area contributed by atoms with Crippen molar-refractivity contribution in [2.24, 2.45) is 0 Å². The highest BCUT2D eigenvalue weighted by Gasteiger charge is 2.11. The normalized spacial score (nSPS) is 12.0. The summed E-state index contributed by atoms with van der Waals surface area (Å²) in [5, 5.41) is 1.72. The van der Waals surface area contributed by atoms with Gasteiger partial charge in [-0.15, -0.1) is 0 Å². The molecule has 0 saturated heterocycles. The molecule has 0 atom stereocenters. The SMILES string of the molecule is COc1cccc2cc(/C=C(\Cl)c3nc4c(C)cccc4c(=O)[nH]3)oc12. The number of H-pyrrole nitrogens is 1. The van der Waals surface area contributed by atoms with E-state index in [1.807, 2.05) is 43.3 Å². The van der Waals surface area contributed by atoms with Gasteiger partial charge in [-0.05, 0) is 30.7 Å². The molecule has 0 amide bonds. The first-order valence-corrected chi connectivity index (χ1v) is 8.38. The number of nitrogens with one attached hydrogen (secondary N) is 1. The zero-order valence-electron chi connectivity index (χ0n) is 14.2. The van der Waals surface area contributed by atoms with Crippen molar-refractivity contribution >= 4 is 44.6 Å². The molecule has 1 N–H and O–H groups in total. The number of ether oxygens (including phenoxy) is 1. The highest BCUT2D eigenvalue weighted by atomic mass is 35.5. The molecule has 0 aliphatic carbocycles. The quantitative estimate of drug-likeness (QED) is 0.569. The predicted octanol–water partition coefficient (Wildman–Crippen LogP) is 4.72. The van der Waals surface area contributed by atoms with E-state index in [1.165, 1.54) is 0 Å². The van der Waals surface area contributed by atoms with Gasteiger partial charge in [-0.25, -0.2) is 4.98 Å². The van der Waals surface area contributed by atoms with Crippen molar-refractivity contribution in [2.75, 3.05) is 7.11 Å². The lowest BCUT2D eigenvalue weighted by Crippen LogP contribution is -2.11. The molecule has 0 unspecified atom stereocenters. The molecule has 2 aromatic carbocycles. The van der Waals surface area contributed by atoms with Gasteiger partial charge >= 0.3 is 0 Å². The van der Waals surface area contributed by atoms with Gasteiger partial charge in [0.2, 0.25) is 0 Å². The van der Waals surface area contributed by atoms with E-state index in [0.29, 0.717) is 33.8 Å². The predicted molar refractivity (Wildman–Crippen MR) is 104 cm³/mol. The molecule has 2 heterocycles. The highest BCUT2D eigenvalue weighted by molar-refractivity contribution is 6.50. The Morgan fingerprint density at radius 1 is 1.27 bits per heavy atom. The fraction of sp³-hybridized carbons (Fsp3) is 0.100. The number of hydrogen-bond acceptors (Lipinski definition) is 4. The lowest BCUT2D eigenvalue weighted by atomic mass is 10.1. The Kier molecular flexibility index (Phi) is 4.01. The molecule has 4 aromatic rings. The van der Waals surface area contributed by atoms with Gasteiger partial charge in [-0.3, -0.25) is 4.79 Å². The van der Waals surface area contributed by atoms with E-state index in [1.54, 1.807) is 19.3 Å². The van der Waals surface area contributed by atoms with Gasteiger partial charge < -0.3 is 14.1 Å². The van der Waals surface area contributed by atoms with E-state index in [-0.39, 0.29) is 10.6 Å². The van der Waals surface area contributed by atoms with Crippen LogP contribution in [0.4, 0.5) is 0 Å². The molecule has 4 rings (SSSR count). The number of aromatic nitrogens is 2. The summed E-state index contributed by atoms with van der Waals surface area (Å²) in [5.41, 5.74) is 1.95. The van der Waals surface area contributed by atoms with Gasteiger partial charge in [0, 0.05) is 11.5 Å². The molecule has 5 nitrogen and oxygen atoms in total. The Labute approximate surface area is 153 Å². The van der Waals surface area contributed by atoms with E-state index in [2.05, 4.69) is 9.97 Å². The number of furan rings is 1. The molecular weight excluding hydrogens is 352 g/mol. The molecule has 0 spiro atoms. The number of methoxy groups -OCH3 is 1. The van der Waals surface area contributed by atoms with Crippen LogP contribution >= 0.6 is 11.6 Å². The second-order valence-electron chi connectivity index (χ2n) is 5.91. The summed E-state index contributed by atoms with van der Waals surface area (Å²) in [4.78, 5) is 19.5. The van der Waals surface area contributed by atoms with Gasteiger partial charge in [0.05, 0.1) is 23.0 Å². The zero-order chi connectivity index (χ0) is 18.3. The van der Waals surface area contributed by atoms with Crippen LogP contribution < -0.4 is 10.3 Å². The van der Waals surface area contributed by atoms with Crippen LogP contribution in [0.25, 0.3) is 33.0 Å². The van der Waals surface area contributed by atoms with Crippen LogP contribution in [0.5, 0.6) is 5.75 Å². The smallest absolute Gasteiger partial charge is 0.259 e. The summed E-state index contributed by atoms with van der Waals surface area (Å²) < 4.78 is 11.1. The number of rotatable bonds is 3. The third kappa shape index (κ3) is 2.76. The molecule has 0 radical (unpaired) electrons. The minimum Gasteiger partial charge on any atom is -0.493 e. The van der Waals surface area contributed by atoms with Crippen LogP contribution in [-0.2, 0) is 0 Å². The average Bonchev–Trinajstić information content (AvgIpc) is 3.04. The standard InChI is InChI=1S/C20H15ClN2O3/c1-11-5-3-7-14-17(11)22-19(23-20(14)24)15(21)10-13-9-12-6-4-8-16(25-2)18(12)26-13/h3-10H,1-2H3,(H,22,23,24)/b15-10-. The first-order chi connectivity index (χ1) is 12.6. The second-order valence-corrected chi connectivity index (χ2v) is 6.31. The van der Waals surface area contributed by atoms with E-state index < -0.39 is 0 Å². The number of hydrogen-bond donors (Lipinski definition) is 1. The Morgan fingerprint density at radius 2 is 2.08 bits per heavy atom. The maximum Gasteiger partial charge on any atom is 0.259 e. The Hall–Kier alpha value is -3.05. The van der Waals surface area contributed by atoms with E-state index in [4.69, 9.17) is 20.8 Å². The third-order valence-corrected chi connectivity index (χ3v) is 4.47. The van der Waals surface area contributed by atoms with E-state index in [9.17, 15) is 4.79 Å². The summed E-state index contributed by atoms with van der Waals surface area (Å²) >= 11 is 6.40. The fourth-order valence-electron chi connectivity index (χ4n) is 2.90. The molecule has 26 heavy (non-hydrogen) atoms. The first-order valence-electron chi connectivity index (χ1n) is 8.00. The maximum atomic E-state index is 12.3. The largest absolute Gasteiger partial charge is 0.493 e. The Balaban J connectivity index is 1.83. The minimum absolute atomic E-state index is 0.230. The number of halogens is 1. The minimum atomic E-state index is -0.230. The summed E-state index contributed by atoms with van der Waals surface area (Å²) in [7, 11) is 1.59. The Morgan fingerprint density at radius 3 is 2.88 bits per heavy atom. The van der Waals surface area contributed by atoms with E-state index >= 15 is 0 Å². The molecule has 0 bridgehead atoms. The lowest BCUT2D eigenvalue weighted by molar-refractivity contribution is 0.410. The molecule has 6 heteroatoms. The number of nitrogens with zero attached hydrogens (tertiary/aromatic N) is 1. The van der Waals surface area contributed by atoms with Crippen LogP contribution in [0.1, 0.15) is 17.1 Å². The maximum absolute atomic E-state index is 12.3. The van der Waals surface area contributed by atoms with Crippen molar-refractivity contribution in [2.45, 2.75) is 6.92 Å². The lowest BCUT2D eigenvalue weighted by Gasteiger charge is -2.04. The monoisotopic (exact) mass is 366 g/mol. The van der Waals surface area contributed by atoms with Crippen LogP contribution in [0.15, 0.2) is 51.7 Å². The van der Waals surface area contributed by atoms with Crippen LogP contribution in [-0.4, -0.2) is 17.1 Å².